The van der Waals surface area contributed by atoms with Crippen molar-refractivity contribution >= 4 is 21.6 Å². The third kappa shape index (κ3) is 4.01. The Hall–Kier alpha value is -1.05. The maximum Gasteiger partial charge on any atom is 0.390 e. The Bertz CT molecular complexity index is 470. The van der Waals surface area contributed by atoms with Gasteiger partial charge in [0.2, 0.25) is 0 Å². The van der Waals surface area contributed by atoms with Crippen molar-refractivity contribution in [3.05, 3.63) is 21.0 Å². The average Bonchev–Trinajstić information content (AvgIpc) is 2.22. The fourth-order valence-electron chi connectivity index (χ4n) is 1.27. The molecule has 0 aliphatic carbocycles. The topological polar surface area (TPSA) is 46.9 Å². The van der Waals surface area contributed by atoms with E-state index in [1.54, 1.807) is 13.8 Å². The summed E-state index contributed by atoms with van der Waals surface area (Å²) in [7, 11) is 0. The summed E-state index contributed by atoms with van der Waals surface area (Å²) in [5, 5.41) is 6.42. The fraction of sp³-hybridized carbons (Fsp3) is 0.600. The Morgan fingerprint density at radius 1 is 1.50 bits per heavy atom. The highest BCUT2D eigenvalue weighted by atomic mass is 79.9. The first-order valence-electron chi connectivity index (χ1n) is 5.30. The predicted molar refractivity (Wildman–Crippen MR) is 65.7 cm³/mol. The first-order chi connectivity index (χ1) is 8.22. The average molecular weight is 328 g/mol. The number of nitrogens with one attached hydrogen (secondary N) is 1. The van der Waals surface area contributed by atoms with Crippen LogP contribution in [0.5, 0.6) is 0 Å². The van der Waals surface area contributed by atoms with Crippen LogP contribution in [0.15, 0.2) is 15.5 Å². The number of halogens is 4. The summed E-state index contributed by atoms with van der Waals surface area (Å²) in [6.45, 7) is 3.28. The van der Waals surface area contributed by atoms with Crippen molar-refractivity contribution in [1.29, 1.82) is 0 Å². The van der Waals surface area contributed by atoms with Gasteiger partial charge < -0.3 is 5.32 Å². The smallest absolute Gasteiger partial charge is 0.382 e. The quantitative estimate of drug-likeness (QED) is 0.924. The van der Waals surface area contributed by atoms with Gasteiger partial charge >= 0.3 is 6.18 Å². The second-order valence-electron chi connectivity index (χ2n) is 4.01. The molecular weight excluding hydrogens is 315 g/mol. The van der Waals surface area contributed by atoms with Crippen LogP contribution in [-0.2, 0) is 0 Å². The lowest BCUT2D eigenvalue weighted by atomic mass is 10.3. The SMILES string of the molecule is CC(C)n1ncc(NCCC(F)(F)F)c(Br)c1=O. The molecule has 1 heterocycles. The summed E-state index contributed by atoms with van der Waals surface area (Å²) in [6, 6.07) is -0.113. The third-order valence-corrected chi connectivity index (χ3v) is 2.92. The van der Waals surface area contributed by atoms with Crippen LogP contribution in [0, 0.1) is 0 Å². The molecule has 8 heteroatoms. The van der Waals surface area contributed by atoms with Crippen LogP contribution < -0.4 is 10.9 Å². The Morgan fingerprint density at radius 3 is 2.61 bits per heavy atom. The molecule has 1 aromatic heterocycles. The van der Waals surface area contributed by atoms with Crippen molar-refractivity contribution in [3.63, 3.8) is 0 Å². The van der Waals surface area contributed by atoms with Crippen molar-refractivity contribution in [1.82, 2.24) is 9.78 Å². The van der Waals surface area contributed by atoms with Crippen LogP contribution >= 0.6 is 15.9 Å². The molecule has 102 valence electrons. The maximum absolute atomic E-state index is 12.0. The molecule has 0 amide bonds. The molecule has 0 aliphatic heterocycles. The highest BCUT2D eigenvalue weighted by molar-refractivity contribution is 9.10. The first-order valence-corrected chi connectivity index (χ1v) is 6.09. The third-order valence-electron chi connectivity index (χ3n) is 2.16. The Labute approximate surface area is 110 Å². The Balaban J connectivity index is 2.80. The molecular formula is C10H13BrF3N3O. The zero-order valence-electron chi connectivity index (χ0n) is 9.88. The minimum Gasteiger partial charge on any atom is -0.382 e. The van der Waals surface area contributed by atoms with E-state index in [2.05, 4.69) is 26.3 Å². The molecule has 4 nitrogen and oxygen atoms in total. The second kappa shape index (κ2) is 5.73. The van der Waals surface area contributed by atoms with E-state index < -0.39 is 12.6 Å². The van der Waals surface area contributed by atoms with E-state index in [0.29, 0.717) is 0 Å². The van der Waals surface area contributed by atoms with Crippen LogP contribution in [0.2, 0.25) is 0 Å². The van der Waals surface area contributed by atoms with Crippen molar-refractivity contribution < 1.29 is 13.2 Å². The van der Waals surface area contributed by atoms with Gasteiger partial charge in [0.05, 0.1) is 24.3 Å². The van der Waals surface area contributed by atoms with Crippen LogP contribution in [0.3, 0.4) is 0 Å². The monoisotopic (exact) mass is 327 g/mol. The highest BCUT2D eigenvalue weighted by Gasteiger charge is 2.26. The number of aromatic nitrogens is 2. The molecule has 0 radical (unpaired) electrons. The van der Waals surface area contributed by atoms with Crippen molar-refractivity contribution in [3.8, 4) is 0 Å². The largest absolute Gasteiger partial charge is 0.390 e. The molecule has 1 rings (SSSR count). The predicted octanol–water partition coefficient (Wildman–Crippen LogP) is 2.95. The molecule has 0 unspecified atom stereocenters. The summed E-state index contributed by atoms with van der Waals surface area (Å²) in [6.07, 6.45) is -3.85. The summed E-state index contributed by atoms with van der Waals surface area (Å²) in [4.78, 5) is 11.8. The molecule has 0 saturated heterocycles. The van der Waals surface area contributed by atoms with E-state index in [1.165, 1.54) is 10.9 Å². The number of nitrogens with zero attached hydrogens (tertiary/aromatic N) is 2. The molecule has 0 aliphatic rings. The maximum atomic E-state index is 12.0. The number of hydrogen-bond donors (Lipinski definition) is 1. The number of hydrogen-bond acceptors (Lipinski definition) is 3. The molecule has 0 fully saturated rings. The van der Waals surface area contributed by atoms with E-state index in [9.17, 15) is 18.0 Å². The van der Waals surface area contributed by atoms with E-state index in [0.717, 1.165) is 0 Å². The van der Waals surface area contributed by atoms with Gasteiger partial charge in [0.15, 0.2) is 0 Å². The fourth-order valence-corrected chi connectivity index (χ4v) is 1.70. The van der Waals surface area contributed by atoms with Crippen molar-refractivity contribution in [2.24, 2.45) is 0 Å². The number of anilines is 1. The van der Waals surface area contributed by atoms with Gasteiger partial charge in [-0.2, -0.15) is 18.3 Å². The number of alkyl halides is 3. The van der Waals surface area contributed by atoms with Crippen molar-refractivity contribution in [2.45, 2.75) is 32.5 Å². The minimum atomic E-state index is -4.22. The van der Waals surface area contributed by atoms with E-state index in [1.807, 2.05) is 0 Å². The molecule has 0 saturated carbocycles. The van der Waals surface area contributed by atoms with Crippen LogP contribution in [-0.4, -0.2) is 22.5 Å². The molecule has 1 aromatic rings. The Morgan fingerprint density at radius 2 is 2.11 bits per heavy atom. The summed E-state index contributed by atoms with van der Waals surface area (Å²) in [5.74, 6) is 0. The van der Waals surface area contributed by atoms with E-state index >= 15 is 0 Å². The molecule has 0 aromatic carbocycles. The van der Waals surface area contributed by atoms with Crippen LogP contribution in [0.4, 0.5) is 18.9 Å². The Kier molecular flexibility index (Phi) is 4.78. The van der Waals surface area contributed by atoms with Gasteiger partial charge in [-0.1, -0.05) is 0 Å². The van der Waals surface area contributed by atoms with Gasteiger partial charge in [-0.05, 0) is 29.8 Å². The van der Waals surface area contributed by atoms with Gasteiger partial charge in [0, 0.05) is 6.54 Å². The molecule has 0 atom stereocenters. The lowest BCUT2D eigenvalue weighted by Crippen LogP contribution is -2.26. The van der Waals surface area contributed by atoms with E-state index in [4.69, 9.17) is 0 Å². The van der Waals surface area contributed by atoms with Crippen LogP contribution in [0.1, 0.15) is 26.3 Å². The number of rotatable bonds is 4. The lowest BCUT2D eigenvalue weighted by Gasteiger charge is -2.13. The minimum absolute atomic E-state index is 0.113. The standard InChI is InChI=1S/C10H13BrF3N3O/c1-6(2)17-9(18)8(11)7(5-16-17)15-4-3-10(12,13)14/h5-6,15H,3-4H2,1-2H3. The van der Waals surface area contributed by atoms with Gasteiger partial charge in [-0.25, -0.2) is 4.68 Å². The van der Waals surface area contributed by atoms with Gasteiger partial charge in [-0.15, -0.1) is 0 Å². The molecule has 1 N–H and O–H groups in total. The normalized spacial score (nSPS) is 11.9. The van der Waals surface area contributed by atoms with E-state index in [-0.39, 0.29) is 28.3 Å². The second-order valence-corrected chi connectivity index (χ2v) is 4.80. The van der Waals surface area contributed by atoms with Crippen LogP contribution in [0.25, 0.3) is 0 Å². The summed E-state index contributed by atoms with van der Waals surface area (Å²) >= 11 is 3.06. The van der Waals surface area contributed by atoms with Gasteiger partial charge in [0.25, 0.3) is 5.56 Å². The molecule has 18 heavy (non-hydrogen) atoms. The summed E-state index contributed by atoms with van der Waals surface area (Å²) < 4.78 is 37.4. The molecule has 0 bridgehead atoms. The molecule has 0 spiro atoms. The zero-order chi connectivity index (χ0) is 13.9. The van der Waals surface area contributed by atoms with Gasteiger partial charge in [-0.3, -0.25) is 4.79 Å². The van der Waals surface area contributed by atoms with Crippen molar-refractivity contribution in [2.75, 3.05) is 11.9 Å². The summed E-state index contributed by atoms with van der Waals surface area (Å²) in [5.41, 5.74) is -0.108. The zero-order valence-corrected chi connectivity index (χ0v) is 11.5. The highest BCUT2D eigenvalue weighted by Crippen LogP contribution is 2.21. The first kappa shape index (κ1) is 15.0. The van der Waals surface area contributed by atoms with Gasteiger partial charge in [0.1, 0.15) is 4.47 Å². The lowest BCUT2D eigenvalue weighted by molar-refractivity contribution is -0.131.